The summed E-state index contributed by atoms with van der Waals surface area (Å²) < 4.78 is 14.4. The fourth-order valence-corrected chi connectivity index (χ4v) is 3.72. The predicted octanol–water partition coefficient (Wildman–Crippen LogP) is 3.63. The van der Waals surface area contributed by atoms with E-state index >= 15 is 0 Å². The first-order valence-corrected chi connectivity index (χ1v) is 9.93. The largest absolute Gasteiger partial charge is 0.493 e. The van der Waals surface area contributed by atoms with Gasteiger partial charge in [-0.3, -0.25) is 4.79 Å². The number of halogens is 1. The smallest absolute Gasteiger partial charge is 0.256 e. The second-order valence-corrected chi connectivity index (χ2v) is 6.93. The first kappa shape index (κ1) is 19.8. The molecule has 0 radical (unpaired) electrons. The predicted molar refractivity (Wildman–Crippen MR) is 113 cm³/mol. The summed E-state index contributed by atoms with van der Waals surface area (Å²) >= 11 is 2.00. The van der Waals surface area contributed by atoms with Crippen molar-refractivity contribution in [2.24, 2.45) is 0 Å². The fourth-order valence-electron chi connectivity index (χ4n) is 3.27. The molecule has 1 atom stereocenters. The van der Waals surface area contributed by atoms with Crippen molar-refractivity contribution < 1.29 is 19.4 Å². The molecule has 0 aliphatic carbocycles. The van der Waals surface area contributed by atoms with Gasteiger partial charge < -0.3 is 23.0 Å². The molecule has 7 heteroatoms. The molecule has 1 fully saturated rings. The van der Waals surface area contributed by atoms with Crippen molar-refractivity contribution in [1.29, 1.82) is 0 Å². The molecule has 1 aliphatic rings. The van der Waals surface area contributed by atoms with E-state index in [1.54, 1.807) is 24.1 Å². The quantitative estimate of drug-likeness (QED) is 0.466. The van der Waals surface area contributed by atoms with Crippen molar-refractivity contribution in [2.45, 2.75) is 25.5 Å². The standard InChI is InChI=1S/C20H23IN2O4/c1-26-18-11-17(22-21)16(20(25)23-9-5-8-15(23)12-24)10-19(18)27-13-14-6-3-2-4-7-14/h2-4,6-7,10-11,15,22,24H,5,8-9,12-13H2,1H3/t15-/m0/s1. The van der Waals surface area contributed by atoms with Gasteiger partial charge in [-0.1, -0.05) is 30.3 Å². The molecule has 27 heavy (non-hydrogen) atoms. The molecule has 2 N–H and O–H groups in total. The SMILES string of the molecule is COc1cc(NI)c(C(=O)N2CCC[C@H]2CO)cc1OCc1ccccc1. The van der Waals surface area contributed by atoms with Gasteiger partial charge in [-0.25, -0.2) is 0 Å². The second-order valence-electron chi connectivity index (χ2n) is 6.39. The van der Waals surface area contributed by atoms with E-state index in [4.69, 9.17) is 9.47 Å². The number of anilines is 1. The van der Waals surface area contributed by atoms with Gasteiger partial charge in [0.1, 0.15) is 6.61 Å². The van der Waals surface area contributed by atoms with Crippen LogP contribution in [0.15, 0.2) is 42.5 Å². The molecule has 1 amide bonds. The summed E-state index contributed by atoms with van der Waals surface area (Å²) in [5.41, 5.74) is 2.20. The number of benzene rings is 2. The number of nitrogens with zero attached hydrogens (tertiary/aromatic N) is 1. The van der Waals surface area contributed by atoms with Crippen LogP contribution in [0.4, 0.5) is 5.69 Å². The Bertz CT molecular complexity index is 785. The zero-order chi connectivity index (χ0) is 19.2. The Morgan fingerprint density at radius 1 is 1.30 bits per heavy atom. The molecule has 2 aromatic rings. The van der Waals surface area contributed by atoms with Gasteiger partial charge in [0.2, 0.25) is 0 Å². The summed E-state index contributed by atoms with van der Waals surface area (Å²) in [5.74, 6) is 0.958. The molecule has 0 bridgehead atoms. The van der Waals surface area contributed by atoms with Crippen molar-refractivity contribution in [2.75, 3.05) is 23.8 Å². The highest BCUT2D eigenvalue weighted by molar-refractivity contribution is 14.1. The number of hydrogen-bond acceptors (Lipinski definition) is 5. The van der Waals surface area contributed by atoms with E-state index in [1.807, 2.05) is 53.2 Å². The highest BCUT2D eigenvalue weighted by Crippen LogP contribution is 2.36. The van der Waals surface area contributed by atoms with Crippen molar-refractivity contribution in [3.05, 3.63) is 53.6 Å². The first-order valence-electron chi connectivity index (χ1n) is 8.85. The summed E-state index contributed by atoms with van der Waals surface area (Å²) in [6.07, 6.45) is 1.72. The Hall–Kier alpha value is -2.00. The van der Waals surface area contributed by atoms with Crippen molar-refractivity contribution in [1.82, 2.24) is 4.90 Å². The van der Waals surface area contributed by atoms with Crippen molar-refractivity contribution >= 4 is 34.5 Å². The number of nitrogens with one attached hydrogen (secondary N) is 1. The molecule has 1 aliphatic heterocycles. The minimum Gasteiger partial charge on any atom is -0.493 e. The molecule has 6 nitrogen and oxygen atoms in total. The minimum absolute atomic E-state index is 0.0216. The molecule has 0 saturated carbocycles. The van der Waals surface area contributed by atoms with Gasteiger partial charge in [-0.15, -0.1) is 0 Å². The Labute approximate surface area is 173 Å². The molecule has 0 spiro atoms. The third-order valence-electron chi connectivity index (χ3n) is 4.72. The Morgan fingerprint density at radius 2 is 2.07 bits per heavy atom. The summed E-state index contributed by atoms with van der Waals surface area (Å²) in [6, 6.07) is 13.2. The number of ether oxygens (including phenoxy) is 2. The highest BCUT2D eigenvalue weighted by atomic mass is 127. The number of rotatable bonds is 7. The van der Waals surface area contributed by atoms with Gasteiger partial charge in [-0.05, 0) is 24.5 Å². The molecular formula is C20H23IN2O4. The van der Waals surface area contributed by atoms with Crippen LogP contribution in [0.2, 0.25) is 0 Å². The summed E-state index contributed by atoms with van der Waals surface area (Å²) in [6.45, 7) is 1.01. The zero-order valence-corrected chi connectivity index (χ0v) is 17.3. The maximum absolute atomic E-state index is 13.1. The van der Waals surface area contributed by atoms with Gasteiger partial charge in [0, 0.05) is 12.6 Å². The van der Waals surface area contributed by atoms with Crippen LogP contribution in [0.25, 0.3) is 0 Å². The third-order valence-corrected chi connectivity index (χ3v) is 5.30. The molecule has 0 unspecified atom stereocenters. The topological polar surface area (TPSA) is 71.0 Å². The van der Waals surface area contributed by atoms with Crippen LogP contribution in [0, 0.1) is 0 Å². The van der Waals surface area contributed by atoms with E-state index in [9.17, 15) is 9.90 Å². The highest BCUT2D eigenvalue weighted by Gasteiger charge is 2.30. The maximum Gasteiger partial charge on any atom is 0.256 e. The number of aliphatic hydroxyl groups excluding tert-OH is 1. The Balaban J connectivity index is 1.89. The van der Waals surface area contributed by atoms with Crippen molar-refractivity contribution in [3.8, 4) is 11.5 Å². The number of aliphatic hydroxyl groups is 1. The minimum atomic E-state index is -0.129. The molecule has 1 heterocycles. The van der Waals surface area contributed by atoms with Gasteiger partial charge in [0.05, 0.1) is 53.9 Å². The lowest BCUT2D eigenvalue weighted by Gasteiger charge is -2.24. The van der Waals surface area contributed by atoms with Crippen LogP contribution < -0.4 is 13.0 Å². The Morgan fingerprint density at radius 3 is 2.74 bits per heavy atom. The molecule has 0 aromatic heterocycles. The van der Waals surface area contributed by atoms with Crippen molar-refractivity contribution in [3.63, 3.8) is 0 Å². The van der Waals surface area contributed by atoms with E-state index in [1.165, 1.54) is 0 Å². The number of hydrogen-bond donors (Lipinski definition) is 2. The lowest BCUT2D eigenvalue weighted by molar-refractivity contribution is 0.0678. The lowest BCUT2D eigenvalue weighted by atomic mass is 10.1. The van der Waals surface area contributed by atoms with Crippen LogP contribution in [-0.4, -0.2) is 42.2 Å². The van der Waals surface area contributed by atoms with Crippen LogP contribution in [0.3, 0.4) is 0 Å². The summed E-state index contributed by atoms with van der Waals surface area (Å²) in [7, 11) is 1.57. The van der Waals surface area contributed by atoms with E-state index in [-0.39, 0.29) is 18.6 Å². The average molecular weight is 482 g/mol. The average Bonchev–Trinajstić information content (AvgIpc) is 3.20. The first-order chi connectivity index (χ1) is 13.2. The molecule has 1 saturated heterocycles. The van der Waals surface area contributed by atoms with Crippen LogP contribution in [0.5, 0.6) is 11.5 Å². The van der Waals surface area contributed by atoms with E-state index in [0.29, 0.717) is 35.9 Å². The number of carbonyl (C=O) groups is 1. The molecule has 144 valence electrons. The maximum atomic E-state index is 13.1. The Kier molecular flexibility index (Phi) is 6.78. The van der Waals surface area contributed by atoms with Crippen LogP contribution in [0.1, 0.15) is 28.8 Å². The third kappa shape index (κ3) is 4.47. The number of amides is 1. The monoisotopic (exact) mass is 482 g/mol. The van der Waals surface area contributed by atoms with Gasteiger partial charge in [-0.2, -0.15) is 0 Å². The number of carbonyl (C=O) groups excluding carboxylic acids is 1. The number of likely N-dealkylation sites (tertiary alicyclic amines) is 1. The lowest BCUT2D eigenvalue weighted by Crippen LogP contribution is -2.37. The number of methoxy groups -OCH3 is 1. The van der Waals surface area contributed by atoms with Crippen LogP contribution >= 0.6 is 22.9 Å². The van der Waals surface area contributed by atoms with Gasteiger partial charge >= 0.3 is 0 Å². The zero-order valence-electron chi connectivity index (χ0n) is 15.2. The van der Waals surface area contributed by atoms with E-state index in [2.05, 4.69) is 3.53 Å². The van der Waals surface area contributed by atoms with E-state index in [0.717, 1.165) is 18.4 Å². The molecular weight excluding hydrogens is 459 g/mol. The molecule has 3 rings (SSSR count). The van der Waals surface area contributed by atoms with Crippen LogP contribution in [-0.2, 0) is 6.61 Å². The fraction of sp³-hybridized carbons (Fsp3) is 0.350. The van der Waals surface area contributed by atoms with E-state index < -0.39 is 0 Å². The summed E-state index contributed by atoms with van der Waals surface area (Å²) in [4.78, 5) is 14.8. The second kappa shape index (κ2) is 9.27. The van der Waals surface area contributed by atoms with Gasteiger partial charge in [0.25, 0.3) is 5.91 Å². The van der Waals surface area contributed by atoms with Gasteiger partial charge in [0.15, 0.2) is 11.5 Å². The summed E-state index contributed by atoms with van der Waals surface area (Å²) in [5, 5.41) is 9.55. The molecule has 2 aromatic carbocycles. The normalized spacial score (nSPS) is 16.3.